The summed E-state index contributed by atoms with van der Waals surface area (Å²) in [5.41, 5.74) is 2.02. The van der Waals surface area contributed by atoms with E-state index >= 15 is 0 Å². The summed E-state index contributed by atoms with van der Waals surface area (Å²) in [7, 11) is 0. The number of aryl methyl sites for hydroxylation is 2. The van der Waals surface area contributed by atoms with Crippen molar-refractivity contribution in [2.75, 3.05) is 0 Å². The van der Waals surface area contributed by atoms with Crippen molar-refractivity contribution in [2.45, 2.75) is 13.8 Å². The number of hydrogen-bond donors (Lipinski definition) is 0. The van der Waals surface area contributed by atoms with Gasteiger partial charge >= 0.3 is 0 Å². The molecule has 0 atom stereocenters. The molecule has 0 saturated heterocycles. The Morgan fingerprint density at radius 3 is 2.57 bits per heavy atom. The van der Waals surface area contributed by atoms with Gasteiger partial charge in [-0.15, -0.1) is 0 Å². The van der Waals surface area contributed by atoms with Crippen LogP contribution in [0.1, 0.15) is 11.3 Å². The van der Waals surface area contributed by atoms with E-state index in [-0.39, 0.29) is 5.39 Å². The lowest BCUT2D eigenvalue weighted by atomic mass is 10.1. The molecule has 1 heterocycles. The summed E-state index contributed by atoms with van der Waals surface area (Å²) in [4.78, 5) is 4.13. The first kappa shape index (κ1) is 9.06. The first-order chi connectivity index (χ1) is 6.59. The van der Waals surface area contributed by atoms with Crippen molar-refractivity contribution in [1.29, 1.82) is 0 Å². The monoisotopic (exact) mass is 193 g/mol. The second kappa shape index (κ2) is 3.01. The van der Waals surface area contributed by atoms with Gasteiger partial charge in [0.2, 0.25) is 0 Å². The number of halogens is 2. The predicted octanol–water partition coefficient (Wildman–Crippen LogP) is 3.13. The molecule has 3 heteroatoms. The standard InChI is InChI=1S/C11H9F2N/c1-6-5-7(2)14-9-4-3-8(12)11(13)10(6)9/h3-5H,1-2H3. The van der Waals surface area contributed by atoms with Crippen molar-refractivity contribution in [3.63, 3.8) is 0 Å². The van der Waals surface area contributed by atoms with E-state index in [1.165, 1.54) is 6.07 Å². The molecule has 0 aliphatic rings. The van der Waals surface area contributed by atoms with Crippen molar-refractivity contribution in [3.8, 4) is 0 Å². The molecular formula is C11H9F2N. The minimum absolute atomic E-state index is 0.274. The van der Waals surface area contributed by atoms with Gasteiger partial charge in [-0.3, -0.25) is 4.98 Å². The van der Waals surface area contributed by atoms with E-state index in [1.807, 2.05) is 6.92 Å². The Morgan fingerprint density at radius 2 is 1.86 bits per heavy atom. The summed E-state index contributed by atoms with van der Waals surface area (Å²) in [6.45, 7) is 3.58. The molecule has 1 aromatic heterocycles. The molecule has 0 amide bonds. The van der Waals surface area contributed by atoms with Gasteiger partial charge in [0.05, 0.1) is 5.52 Å². The molecule has 1 aromatic carbocycles. The molecule has 0 unspecified atom stereocenters. The van der Waals surface area contributed by atoms with E-state index in [0.717, 1.165) is 11.8 Å². The Balaban J connectivity index is 2.95. The van der Waals surface area contributed by atoms with E-state index in [0.29, 0.717) is 11.1 Å². The number of rotatable bonds is 0. The summed E-state index contributed by atoms with van der Waals surface area (Å²) < 4.78 is 26.3. The molecule has 2 aromatic rings. The molecule has 0 aliphatic heterocycles. The maximum Gasteiger partial charge on any atom is 0.168 e. The minimum atomic E-state index is -0.828. The molecule has 1 nitrogen and oxygen atoms in total. The third-order valence-electron chi connectivity index (χ3n) is 2.19. The third kappa shape index (κ3) is 1.25. The molecule has 0 aliphatic carbocycles. The van der Waals surface area contributed by atoms with Crippen LogP contribution >= 0.6 is 0 Å². The average Bonchev–Trinajstić information content (AvgIpc) is 2.10. The molecule has 0 radical (unpaired) electrons. The second-order valence-corrected chi connectivity index (χ2v) is 3.34. The van der Waals surface area contributed by atoms with Crippen LogP contribution in [-0.4, -0.2) is 4.98 Å². The number of hydrogen-bond acceptors (Lipinski definition) is 1. The van der Waals surface area contributed by atoms with Crippen molar-refractivity contribution in [2.24, 2.45) is 0 Å². The topological polar surface area (TPSA) is 12.9 Å². The molecule has 0 N–H and O–H groups in total. The lowest BCUT2D eigenvalue weighted by Gasteiger charge is -2.04. The fourth-order valence-electron chi connectivity index (χ4n) is 1.62. The summed E-state index contributed by atoms with van der Waals surface area (Å²) in [6, 6.07) is 4.34. The number of pyridine rings is 1. The van der Waals surface area contributed by atoms with Gasteiger partial charge in [-0.05, 0) is 37.6 Å². The van der Waals surface area contributed by atoms with Gasteiger partial charge in [-0.2, -0.15) is 0 Å². The molecule has 14 heavy (non-hydrogen) atoms. The van der Waals surface area contributed by atoms with Crippen LogP contribution in [0.2, 0.25) is 0 Å². The largest absolute Gasteiger partial charge is 0.253 e. The van der Waals surface area contributed by atoms with Crippen LogP contribution in [0, 0.1) is 25.5 Å². The highest BCUT2D eigenvalue weighted by molar-refractivity contribution is 5.82. The van der Waals surface area contributed by atoms with Crippen LogP contribution in [0.4, 0.5) is 8.78 Å². The maximum absolute atomic E-state index is 13.4. The number of fused-ring (bicyclic) bond motifs is 1. The highest BCUT2D eigenvalue weighted by Crippen LogP contribution is 2.22. The first-order valence-electron chi connectivity index (χ1n) is 4.31. The van der Waals surface area contributed by atoms with E-state index in [2.05, 4.69) is 4.98 Å². The van der Waals surface area contributed by atoms with Crippen LogP contribution in [0.15, 0.2) is 18.2 Å². The quantitative estimate of drug-likeness (QED) is 0.626. The fourth-order valence-corrected chi connectivity index (χ4v) is 1.62. The van der Waals surface area contributed by atoms with Crippen LogP contribution in [0.3, 0.4) is 0 Å². The zero-order chi connectivity index (χ0) is 10.3. The Hall–Kier alpha value is -1.51. The van der Waals surface area contributed by atoms with E-state index < -0.39 is 11.6 Å². The third-order valence-corrected chi connectivity index (χ3v) is 2.19. The van der Waals surface area contributed by atoms with Crippen LogP contribution in [0.25, 0.3) is 10.9 Å². The number of benzene rings is 1. The van der Waals surface area contributed by atoms with Crippen molar-refractivity contribution in [1.82, 2.24) is 4.98 Å². The minimum Gasteiger partial charge on any atom is -0.253 e. The highest BCUT2D eigenvalue weighted by atomic mass is 19.2. The zero-order valence-electron chi connectivity index (χ0n) is 7.94. The number of aromatic nitrogens is 1. The summed E-state index contributed by atoms with van der Waals surface area (Å²) in [5, 5.41) is 0.274. The summed E-state index contributed by atoms with van der Waals surface area (Å²) in [6.07, 6.45) is 0. The Labute approximate surface area is 80.4 Å². The molecule has 0 spiro atoms. The SMILES string of the molecule is Cc1cc(C)c2c(F)c(F)ccc2n1. The smallest absolute Gasteiger partial charge is 0.168 e. The van der Waals surface area contributed by atoms with Gasteiger partial charge in [-0.25, -0.2) is 8.78 Å². The lowest BCUT2D eigenvalue weighted by molar-refractivity contribution is 0.516. The molecule has 0 fully saturated rings. The van der Waals surface area contributed by atoms with Gasteiger partial charge in [0.15, 0.2) is 11.6 Å². The van der Waals surface area contributed by atoms with Crippen molar-refractivity contribution < 1.29 is 8.78 Å². The number of nitrogens with zero attached hydrogens (tertiary/aromatic N) is 1. The van der Waals surface area contributed by atoms with Crippen molar-refractivity contribution in [3.05, 3.63) is 41.1 Å². The van der Waals surface area contributed by atoms with Gasteiger partial charge in [0.1, 0.15) is 0 Å². The lowest BCUT2D eigenvalue weighted by Crippen LogP contribution is -1.93. The molecule has 0 saturated carbocycles. The maximum atomic E-state index is 13.4. The van der Waals surface area contributed by atoms with Crippen LogP contribution in [-0.2, 0) is 0 Å². The normalized spacial score (nSPS) is 10.9. The first-order valence-corrected chi connectivity index (χ1v) is 4.31. The second-order valence-electron chi connectivity index (χ2n) is 3.34. The van der Waals surface area contributed by atoms with Gasteiger partial charge < -0.3 is 0 Å². The highest BCUT2D eigenvalue weighted by Gasteiger charge is 2.10. The molecule has 2 rings (SSSR count). The van der Waals surface area contributed by atoms with Gasteiger partial charge in [0, 0.05) is 11.1 Å². The summed E-state index contributed by atoms with van der Waals surface area (Å²) in [5.74, 6) is -1.64. The Bertz CT molecular complexity index is 506. The van der Waals surface area contributed by atoms with E-state index in [1.54, 1.807) is 13.0 Å². The van der Waals surface area contributed by atoms with Crippen molar-refractivity contribution >= 4 is 10.9 Å². The van der Waals surface area contributed by atoms with Gasteiger partial charge in [-0.1, -0.05) is 0 Å². The fraction of sp³-hybridized carbons (Fsp3) is 0.182. The predicted molar refractivity (Wildman–Crippen MR) is 51.1 cm³/mol. The Morgan fingerprint density at radius 1 is 1.14 bits per heavy atom. The summed E-state index contributed by atoms with van der Waals surface area (Å²) >= 11 is 0. The average molecular weight is 193 g/mol. The van der Waals surface area contributed by atoms with Crippen LogP contribution < -0.4 is 0 Å². The van der Waals surface area contributed by atoms with Gasteiger partial charge in [0.25, 0.3) is 0 Å². The Kier molecular flexibility index (Phi) is 1.95. The zero-order valence-corrected chi connectivity index (χ0v) is 7.94. The van der Waals surface area contributed by atoms with E-state index in [4.69, 9.17) is 0 Å². The molecular weight excluding hydrogens is 184 g/mol. The van der Waals surface area contributed by atoms with E-state index in [9.17, 15) is 8.78 Å². The van der Waals surface area contributed by atoms with Crippen LogP contribution in [0.5, 0.6) is 0 Å². The molecule has 72 valence electrons. The molecule has 0 bridgehead atoms.